The van der Waals surface area contributed by atoms with Crippen molar-refractivity contribution in [3.8, 4) is 11.5 Å². The van der Waals surface area contributed by atoms with Crippen LogP contribution in [0.15, 0.2) is 48.7 Å². The van der Waals surface area contributed by atoms with Crippen LogP contribution in [-0.4, -0.2) is 70.5 Å². The first-order valence-corrected chi connectivity index (χ1v) is 10.2. The molecule has 160 valence electrons. The second kappa shape index (κ2) is 8.60. The molecule has 2 aromatic heterocycles. The molecule has 3 aromatic rings. The van der Waals surface area contributed by atoms with E-state index in [4.69, 9.17) is 4.74 Å². The van der Waals surface area contributed by atoms with Crippen molar-refractivity contribution in [2.45, 2.75) is 6.54 Å². The molecule has 0 bridgehead atoms. The number of pyridine rings is 1. The normalized spacial score (nSPS) is 16.9. The Bertz CT molecular complexity index is 1140. The van der Waals surface area contributed by atoms with Crippen molar-refractivity contribution < 1.29 is 42.8 Å². The van der Waals surface area contributed by atoms with E-state index in [0.29, 0.717) is 34.9 Å². The van der Waals surface area contributed by atoms with Gasteiger partial charge in [-0.05, 0) is 12.1 Å². The lowest BCUT2D eigenvalue weighted by Gasteiger charge is -2.37. The highest BCUT2D eigenvalue weighted by atomic mass is 127. The zero-order chi connectivity index (χ0) is 20.7. The number of quaternary nitrogens is 1. The highest BCUT2D eigenvalue weighted by Gasteiger charge is 2.37. The number of hydrogen-bond donors (Lipinski definition) is 0. The highest BCUT2D eigenvalue weighted by molar-refractivity contribution is 6.27. The van der Waals surface area contributed by atoms with Gasteiger partial charge in [0.15, 0.2) is 5.82 Å². The lowest BCUT2D eigenvalue weighted by atomic mass is 9.90. The van der Waals surface area contributed by atoms with Crippen LogP contribution >= 0.6 is 0 Å². The molecule has 0 radical (unpaired) electrons. The monoisotopic (exact) mass is 530 g/mol. The number of hydrogen-bond acceptors (Lipinski definition) is 5. The first-order chi connectivity index (χ1) is 14.6. The Labute approximate surface area is 197 Å². The fourth-order valence-corrected chi connectivity index (χ4v) is 4.23. The molecule has 1 aromatic carbocycles. The van der Waals surface area contributed by atoms with Crippen LogP contribution in [0.3, 0.4) is 0 Å². The van der Waals surface area contributed by atoms with Crippen LogP contribution in [0, 0.1) is 0 Å². The molecule has 2 aliphatic rings. The molecular formula is C23H23IN4O3. The summed E-state index contributed by atoms with van der Waals surface area (Å²) in [6, 6.07) is 12.5. The number of fused-ring (bicyclic) bond motifs is 2. The number of rotatable bonds is 4. The second-order valence-corrected chi connectivity index (χ2v) is 8.11. The van der Waals surface area contributed by atoms with E-state index in [1.54, 1.807) is 30.5 Å². The van der Waals surface area contributed by atoms with Crippen LogP contribution in [0.2, 0.25) is 0 Å². The molecule has 0 atom stereocenters. The zero-order valence-corrected chi connectivity index (χ0v) is 19.4. The van der Waals surface area contributed by atoms with Crippen molar-refractivity contribution in [3.05, 3.63) is 71.2 Å². The summed E-state index contributed by atoms with van der Waals surface area (Å²) < 4.78 is 8.26. The Morgan fingerprint density at radius 1 is 1.00 bits per heavy atom. The number of ketones is 2. The van der Waals surface area contributed by atoms with Crippen molar-refractivity contribution in [2.75, 3.05) is 39.9 Å². The number of halogens is 1. The van der Waals surface area contributed by atoms with Crippen LogP contribution in [0.1, 0.15) is 32.1 Å². The van der Waals surface area contributed by atoms with Gasteiger partial charge in [0, 0.05) is 17.3 Å². The van der Waals surface area contributed by atoms with E-state index < -0.39 is 0 Å². The Kier molecular flexibility index (Phi) is 6.05. The zero-order valence-electron chi connectivity index (χ0n) is 17.3. The van der Waals surface area contributed by atoms with Crippen LogP contribution in [0.25, 0.3) is 11.5 Å². The van der Waals surface area contributed by atoms with Crippen LogP contribution in [0.4, 0.5) is 0 Å². The first kappa shape index (κ1) is 21.8. The molecule has 1 saturated heterocycles. The number of benzene rings is 1. The molecule has 8 heteroatoms. The molecule has 31 heavy (non-hydrogen) atoms. The maximum Gasteiger partial charge on any atom is 0.214 e. The molecule has 0 spiro atoms. The van der Waals surface area contributed by atoms with Crippen LogP contribution in [-0.2, 0) is 11.3 Å². The van der Waals surface area contributed by atoms with E-state index in [1.807, 2.05) is 22.8 Å². The summed E-state index contributed by atoms with van der Waals surface area (Å²) in [6.07, 6.45) is 1.70. The number of likely N-dealkylation sites (N-methyl/N-ethyl adjacent to an activating group) is 1. The lowest BCUT2D eigenvalue weighted by Crippen LogP contribution is -3.00. The van der Waals surface area contributed by atoms with Gasteiger partial charge < -0.3 is 37.8 Å². The Hall–Kier alpha value is -2.43. The van der Waals surface area contributed by atoms with Crippen molar-refractivity contribution in [3.63, 3.8) is 0 Å². The molecule has 1 aliphatic carbocycles. The van der Waals surface area contributed by atoms with E-state index >= 15 is 0 Å². The van der Waals surface area contributed by atoms with E-state index in [-0.39, 0.29) is 41.2 Å². The largest absolute Gasteiger partial charge is 1.00 e. The average molecular weight is 530 g/mol. The Balaban J connectivity index is 0.00000231. The van der Waals surface area contributed by atoms with Crippen molar-refractivity contribution in [1.29, 1.82) is 0 Å². The number of ether oxygens (including phenoxy) is 1. The fourth-order valence-electron chi connectivity index (χ4n) is 4.23. The summed E-state index contributed by atoms with van der Waals surface area (Å²) >= 11 is 0. The van der Waals surface area contributed by atoms with Crippen molar-refractivity contribution >= 4 is 11.6 Å². The van der Waals surface area contributed by atoms with Gasteiger partial charge in [-0.15, -0.1) is 0 Å². The number of aromatic nitrogens is 3. The van der Waals surface area contributed by atoms with Gasteiger partial charge in [-0.1, -0.05) is 30.3 Å². The van der Waals surface area contributed by atoms with Crippen molar-refractivity contribution in [1.82, 2.24) is 14.5 Å². The number of carbonyl (C=O) groups is 2. The minimum atomic E-state index is -0.206. The standard InChI is InChI=1S/C23H23N4O3.HI/c1-27(12-14-30-15-13-27)11-10-26-20-19(25-23(26)18-8-4-5-9-24-18)21(28)16-6-2-3-7-17(16)22(20)29;/h2-9H,10-15H2,1H3;1H/q+1;/p-1. The van der Waals surface area contributed by atoms with Gasteiger partial charge in [-0.25, -0.2) is 4.98 Å². The number of nitrogens with zero attached hydrogens (tertiary/aromatic N) is 4. The minimum absolute atomic E-state index is 0. The SMILES string of the molecule is C[N+]1(CCn2c(-c3ccccn3)nc3c2C(=O)c2ccccc2C3=O)CCOCC1.[I-]. The Morgan fingerprint density at radius 2 is 1.68 bits per heavy atom. The van der Waals surface area contributed by atoms with E-state index in [1.165, 1.54) is 0 Å². The third kappa shape index (κ3) is 3.83. The second-order valence-electron chi connectivity index (χ2n) is 8.11. The summed E-state index contributed by atoms with van der Waals surface area (Å²) in [4.78, 5) is 35.6. The predicted octanol–water partition coefficient (Wildman–Crippen LogP) is -0.799. The highest BCUT2D eigenvalue weighted by Crippen LogP contribution is 2.31. The summed E-state index contributed by atoms with van der Waals surface area (Å²) in [5.74, 6) is 0.206. The van der Waals surface area contributed by atoms with Crippen LogP contribution < -0.4 is 24.0 Å². The van der Waals surface area contributed by atoms with Crippen molar-refractivity contribution in [2.24, 2.45) is 0 Å². The molecule has 7 nitrogen and oxygen atoms in total. The number of carbonyl (C=O) groups excluding carboxylic acids is 2. The van der Waals surface area contributed by atoms with Gasteiger partial charge in [0.1, 0.15) is 30.2 Å². The van der Waals surface area contributed by atoms with Gasteiger partial charge >= 0.3 is 0 Å². The maximum atomic E-state index is 13.4. The maximum absolute atomic E-state index is 13.4. The third-order valence-electron chi connectivity index (χ3n) is 6.12. The molecule has 3 heterocycles. The molecule has 1 fully saturated rings. The topological polar surface area (TPSA) is 74.1 Å². The van der Waals surface area contributed by atoms with Gasteiger partial charge in [0.05, 0.1) is 33.4 Å². The Morgan fingerprint density at radius 3 is 2.35 bits per heavy atom. The molecule has 0 N–H and O–H groups in total. The number of morpholine rings is 1. The summed E-state index contributed by atoms with van der Waals surface area (Å²) in [7, 11) is 2.20. The summed E-state index contributed by atoms with van der Waals surface area (Å²) in [6.45, 7) is 4.70. The third-order valence-corrected chi connectivity index (χ3v) is 6.12. The van der Waals surface area contributed by atoms with Crippen LogP contribution in [0.5, 0.6) is 0 Å². The van der Waals surface area contributed by atoms with E-state index in [2.05, 4.69) is 17.0 Å². The molecular weight excluding hydrogens is 507 g/mol. The minimum Gasteiger partial charge on any atom is -1.00 e. The number of imidazole rings is 1. The van der Waals surface area contributed by atoms with E-state index in [9.17, 15) is 9.59 Å². The summed E-state index contributed by atoms with van der Waals surface area (Å²) in [5, 5.41) is 0. The predicted molar refractivity (Wildman–Crippen MR) is 110 cm³/mol. The van der Waals surface area contributed by atoms with Gasteiger partial charge in [-0.3, -0.25) is 14.6 Å². The molecule has 1 aliphatic heterocycles. The average Bonchev–Trinajstić information content (AvgIpc) is 3.17. The van der Waals surface area contributed by atoms with Gasteiger partial charge in [-0.2, -0.15) is 0 Å². The molecule has 0 saturated carbocycles. The van der Waals surface area contributed by atoms with Gasteiger partial charge in [0.2, 0.25) is 11.6 Å². The molecule has 0 unspecified atom stereocenters. The smallest absolute Gasteiger partial charge is 0.214 e. The quantitative estimate of drug-likeness (QED) is 0.255. The lowest BCUT2D eigenvalue weighted by molar-refractivity contribution is -0.917. The fraction of sp³-hybridized carbons (Fsp3) is 0.304. The van der Waals surface area contributed by atoms with Gasteiger partial charge in [0.25, 0.3) is 0 Å². The summed E-state index contributed by atoms with van der Waals surface area (Å²) in [5.41, 5.74) is 2.11. The molecule has 0 amide bonds. The first-order valence-electron chi connectivity index (χ1n) is 10.2. The van der Waals surface area contributed by atoms with E-state index in [0.717, 1.165) is 37.3 Å². The molecule has 5 rings (SSSR count).